The molecule has 1 rings (SSSR count). The van der Waals surface area contributed by atoms with Gasteiger partial charge in [-0.15, -0.1) is 0 Å². The lowest BCUT2D eigenvalue weighted by atomic mass is 10.1. The molecule has 0 saturated carbocycles. The highest BCUT2D eigenvalue weighted by Gasteiger charge is 2.17. The Morgan fingerprint density at radius 3 is 2.65 bits per heavy atom. The summed E-state index contributed by atoms with van der Waals surface area (Å²) in [4.78, 5) is 13.8. The maximum atomic E-state index is 11.9. The molecule has 1 fully saturated rings. The summed E-state index contributed by atoms with van der Waals surface area (Å²) >= 11 is 0. The Morgan fingerprint density at radius 1 is 1.35 bits per heavy atom. The molecule has 1 aliphatic heterocycles. The Balaban J connectivity index is 2.20. The second-order valence-corrected chi connectivity index (χ2v) is 4.62. The molecule has 4 heteroatoms. The van der Waals surface area contributed by atoms with E-state index in [-0.39, 0.29) is 5.91 Å². The average Bonchev–Trinajstić information content (AvgIpc) is 2.39. The largest absolute Gasteiger partial charge is 0.378 e. The van der Waals surface area contributed by atoms with Crippen LogP contribution in [-0.4, -0.2) is 49.7 Å². The monoisotopic (exact) mass is 242 g/mol. The third-order valence-corrected chi connectivity index (χ3v) is 3.30. The van der Waals surface area contributed by atoms with Crippen molar-refractivity contribution in [2.45, 2.75) is 45.6 Å². The molecule has 0 aromatic carbocycles. The van der Waals surface area contributed by atoms with Crippen molar-refractivity contribution in [3.63, 3.8) is 0 Å². The van der Waals surface area contributed by atoms with Gasteiger partial charge < -0.3 is 15.0 Å². The first-order chi connectivity index (χ1) is 8.27. The number of morpholine rings is 1. The average molecular weight is 242 g/mol. The van der Waals surface area contributed by atoms with Crippen molar-refractivity contribution in [2.75, 3.05) is 32.8 Å². The summed E-state index contributed by atoms with van der Waals surface area (Å²) in [6, 6.07) is 0.486. The van der Waals surface area contributed by atoms with E-state index in [1.165, 1.54) is 19.3 Å². The van der Waals surface area contributed by atoms with Gasteiger partial charge in [0.15, 0.2) is 0 Å². The van der Waals surface area contributed by atoms with Crippen molar-refractivity contribution in [3.8, 4) is 0 Å². The molecule has 100 valence electrons. The zero-order chi connectivity index (χ0) is 12.5. The molecule has 0 aliphatic carbocycles. The SMILES string of the molecule is CCCCC(CC)NCC(=O)N1CCOCC1. The number of unbranched alkanes of at least 4 members (excludes halogenated alkanes) is 1. The summed E-state index contributed by atoms with van der Waals surface area (Å²) in [7, 11) is 0. The van der Waals surface area contributed by atoms with Crippen LogP contribution in [0.3, 0.4) is 0 Å². The fraction of sp³-hybridized carbons (Fsp3) is 0.923. The van der Waals surface area contributed by atoms with Crippen LogP contribution in [0.2, 0.25) is 0 Å². The number of hydrogen-bond donors (Lipinski definition) is 1. The zero-order valence-corrected chi connectivity index (χ0v) is 11.2. The Kier molecular flexibility index (Phi) is 7.21. The van der Waals surface area contributed by atoms with Gasteiger partial charge in [0.05, 0.1) is 19.8 Å². The minimum atomic E-state index is 0.211. The molecule has 1 unspecified atom stereocenters. The molecule has 0 radical (unpaired) electrons. The van der Waals surface area contributed by atoms with Crippen LogP contribution in [0, 0.1) is 0 Å². The molecule has 1 atom stereocenters. The first-order valence-corrected chi connectivity index (χ1v) is 6.86. The van der Waals surface area contributed by atoms with Crippen LogP contribution in [0.15, 0.2) is 0 Å². The highest BCUT2D eigenvalue weighted by molar-refractivity contribution is 5.78. The molecule has 0 aromatic rings. The molecule has 0 spiro atoms. The van der Waals surface area contributed by atoms with Gasteiger partial charge in [0, 0.05) is 19.1 Å². The number of nitrogens with one attached hydrogen (secondary N) is 1. The van der Waals surface area contributed by atoms with Crippen molar-refractivity contribution >= 4 is 5.91 Å². The summed E-state index contributed by atoms with van der Waals surface area (Å²) in [5.41, 5.74) is 0. The van der Waals surface area contributed by atoms with Crippen LogP contribution in [0.25, 0.3) is 0 Å². The van der Waals surface area contributed by atoms with E-state index in [2.05, 4.69) is 19.2 Å². The molecule has 4 nitrogen and oxygen atoms in total. The molecule has 0 aromatic heterocycles. The second kappa shape index (κ2) is 8.48. The van der Waals surface area contributed by atoms with Crippen molar-refractivity contribution in [1.82, 2.24) is 10.2 Å². The van der Waals surface area contributed by atoms with Gasteiger partial charge in [0.25, 0.3) is 0 Å². The van der Waals surface area contributed by atoms with Crippen molar-refractivity contribution in [3.05, 3.63) is 0 Å². The van der Waals surface area contributed by atoms with E-state index in [0.29, 0.717) is 25.8 Å². The van der Waals surface area contributed by atoms with Crippen LogP contribution in [-0.2, 0) is 9.53 Å². The number of ether oxygens (including phenoxy) is 1. The fourth-order valence-electron chi connectivity index (χ4n) is 2.06. The van der Waals surface area contributed by atoms with Gasteiger partial charge in [0.1, 0.15) is 0 Å². The van der Waals surface area contributed by atoms with Gasteiger partial charge in [-0.05, 0) is 12.8 Å². The summed E-state index contributed by atoms with van der Waals surface area (Å²) in [6.45, 7) is 7.69. The Bertz CT molecular complexity index is 215. The Labute approximate surface area is 105 Å². The van der Waals surface area contributed by atoms with E-state index < -0.39 is 0 Å². The Morgan fingerprint density at radius 2 is 2.06 bits per heavy atom. The van der Waals surface area contributed by atoms with Crippen LogP contribution in [0.1, 0.15) is 39.5 Å². The third-order valence-electron chi connectivity index (χ3n) is 3.30. The topological polar surface area (TPSA) is 41.6 Å². The van der Waals surface area contributed by atoms with Gasteiger partial charge >= 0.3 is 0 Å². The summed E-state index contributed by atoms with van der Waals surface area (Å²) in [6.07, 6.45) is 4.71. The zero-order valence-electron chi connectivity index (χ0n) is 11.2. The van der Waals surface area contributed by atoms with Gasteiger partial charge in [-0.3, -0.25) is 4.79 Å². The first-order valence-electron chi connectivity index (χ1n) is 6.86. The molecule has 1 aliphatic rings. The molecular weight excluding hydrogens is 216 g/mol. The van der Waals surface area contributed by atoms with E-state index >= 15 is 0 Å². The lowest BCUT2D eigenvalue weighted by molar-refractivity contribution is -0.134. The molecule has 1 saturated heterocycles. The van der Waals surface area contributed by atoms with Crippen LogP contribution < -0.4 is 5.32 Å². The van der Waals surface area contributed by atoms with Gasteiger partial charge in [-0.1, -0.05) is 26.7 Å². The predicted molar refractivity (Wildman–Crippen MR) is 69.0 cm³/mol. The van der Waals surface area contributed by atoms with Crippen LogP contribution in [0.4, 0.5) is 0 Å². The molecule has 1 heterocycles. The van der Waals surface area contributed by atoms with Gasteiger partial charge in [0.2, 0.25) is 5.91 Å². The standard InChI is InChI=1S/C13H26N2O2/c1-3-5-6-12(4-2)14-11-13(16)15-7-9-17-10-8-15/h12,14H,3-11H2,1-2H3. The van der Waals surface area contributed by atoms with Crippen LogP contribution >= 0.6 is 0 Å². The highest BCUT2D eigenvalue weighted by Crippen LogP contribution is 2.04. The lowest BCUT2D eigenvalue weighted by Crippen LogP contribution is -2.46. The maximum Gasteiger partial charge on any atom is 0.236 e. The molecule has 17 heavy (non-hydrogen) atoms. The van der Waals surface area contributed by atoms with Crippen molar-refractivity contribution < 1.29 is 9.53 Å². The van der Waals surface area contributed by atoms with E-state index in [1.807, 2.05) is 4.90 Å². The minimum absolute atomic E-state index is 0.211. The summed E-state index contributed by atoms with van der Waals surface area (Å²) in [5, 5.41) is 3.37. The number of carbonyl (C=O) groups is 1. The number of amides is 1. The summed E-state index contributed by atoms with van der Waals surface area (Å²) < 4.78 is 5.24. The van der Waals surface area contributed by atoms with E-state index in [1.54, 1.807) is 0 Å². The number of carbonyl (C=O) groups excluding carboxylic acids is 1. The van der Waals surface area contributed by atoms with Crippen molar-refractivity contribution in [2.24, 2.45) is 0 Å². The molecule has 1 amide bonds. The molecule has 0 bridgehead atoms. The van der Waals surface area contributed by atoms with Gasteiger partial charge in [-0.2, -0.15) is 0 Å². The second-order valence-electron chi connectivity index (χ2n) is 4.62. The van der Waals surface area contributed by atoms with E-state index in [4.69, 9.17) is 4.74 Å². The molecule has 1 N–H and O–H groups in total. The first kappa shape index (κ1) is 14.5. The highest BCUT2D eigenvalue weighted by atomic mass is 16.5. The van der Waals surface area contributed by atoms with Gasteiger partial charge in [-0.25, -0.2) is 0 Å². The maximum absolute atomic E-state index is 11.9. The third kappa shape index (κ3) is 5.50. The normalized spacial score (nSPS) is 18.1. The molecular formula is C13H26N2O2. The van der Waals surface area contributed by atoms with Crippen molar-refractivity contribution in [1.29, 1.82) is 0 Å². The quantitative estimate of drug-likeness (QED) is 0.734. The van der Waals surface area contributed by atoms with E-state index in [9.17, 15) is 4.79 Å². The Hall–Kier alpha value is -0.610. The number of nitrogens with zero attached hydrogens (tertiary/aromatic N) is 1. The van der Waals surface area contributed by atoms with E-state index in [0.717, 1.165) is 19.5 Å². The smallest absolute Gasteiger partial charge is 0.236 e. The predicted octanol–water partition coefficient (Wildman–Crippen LogP) is 1.40. The minimum Gasteiger partial charge on any atom is -0.378 e. The lowest BCUT2D eigenvalue weighted by Gasteiger charge is -2.27. The summed E-state index contributed by atoms with van der Waals surface area (Å²) in [5.74, 6) is 0.211. The number of hydrogen-bond acceptors (Lipinski definition) is 3. The fourth-order valence-corrected chi connectivity index (χ4v) is 2.06. The number of rotatable bonds is 7. The van der Waals surface area contributed by atoms with Crippen LogP contribution in [0.5, 0.6) is 0 Å².